The topological polar surface area (TPSA) is 52.7 Å². The lowest BCUT2D eigenvalue weighted by atomic mass is 10.1. The average Bonchev–Trinajstić information content (AvgIpc) is 3.00. The first kappa shape index (κ1) is 16.3. The van der Waals surface area contributed by atoms with E-state index in [4.69, 9.17) is 0 Å². The lowest BCUT2D eigenvalue weighted by Crippen LogP contribution is -2.44. The molecule has 1 N–H and O–H groups in total. The predicted molar refractivity (Wildman–Crippen MR) is 88.2 cm³/mol. The van der Waals surface area contributed by atoms with E-state index >= 15 is 0 Å². The monoisotopic (exact) mass is 303 g/mol. The van der Waals surface area contributed by atoms with E-state index in [-0.39, 0.29) is 11.8 Å². The van der Waals surface area contributed by atoms with Crippen molar-refractivity contribution < 1.29 is 9.59 Å². The molecule has 0 aliphatic carbocycles. The minimum Gasteiger partial charge on any atom is -0.371 e. The highest BCUT2D eigenvalue weighted by Gasteiger charge is 2.23. The molecule has 22 heavy (non-hydrogen) atoms. The number of benzene rings is 1. The number of aryl methyl sites for hydroxylation is 1. The fraction of sp³-hybridized carbons (Fsp3) is 0.529. The van der Waals surface area contributed by atoms with Gasteiger partial charge in [0.2, 0.25) is 5.91 Å². The number of nitrogens with zero attached hydrogens (tertiary/aromatic N) is 2. The molecule has 1 aliphatic rings. The second kappa shape index (κ2) is 6.81. The second-order valence-corrected chi connectivity index (χ2v) is 6.14. The van der Waals surface area contributed by atoms with Crippen LogP contribution in [0.1, 0.15) is 35.7 Å². The highest BCUT2D eigenvalue weighted by molar-refractivity contribution is 6.02. The fourth-order valence-electron chi connectivity index (χ4n) is 2.79. The molecule has 1 aliphatic heterocycles. The van der Waals surface area contributed by atoms with E-state index in [1.165, 1.54) is 4.90 Å². The molecule has 2 rings (SSSR count). The van der Waals surface area contributed by atoms with E-state index in [1.54, 1.807) is 21.0 Å². The van der Waals surface area contributed by atoms with Crippen LogP contribution < -0.4 is 10.2 Å². The molecule has 1 atom stereocenters. The van der Waals surface area contributed by atoms with Gasteiger partial charge in [-0.15, -0.1) is 0 Å². The zero-order valence-electron chi connectivity index (χ0n) is 13.8. The van der Waals surface area contributed by atoms with E-state index < -0.39 is 6.04 Å². The first-order valence-corrected chi connectivity index (χ1v) is 7.78. The first-order valence-electron chi connectivity index (χ1n) is 7.78. The van der Waals surface area contributed by atoms with Crippen molar-refractivity contribution in [3.8, 4) is 0 Å². The SMILES string of the molecule is Cc1ccc(N2CCCC2)c(C(=O)N[C@@H](C)C(=O)N(C)C)c1. The number of likely N-dealkylation sites (N-methyl/N-ethyl adjacent to an activating group) is 1. The van der Waals surface area contributed by atoms with Crippen molar-refractivity contribution in [1.82, 2.24) is 10.2 Å². The minimum atomic E-state index is -0.533. The Morgan fingerprint density at radius 2 is 1.86 bits per heavy atom. The molecule has 0 saturated carbocycles. The van der Waals surface area contributed by atoms with Crippen molar-refractivity contribution >= 4 is 17.5 Å². The molecule has 1 fully saturated rings. The van der Waals surface area contributed by atoms with Crippen LogP contribution in [-0.2, 0) is 4.79 Å². The number of carbonyl (C=O) groups is 2. The first-order chi connectivity index (χ1) is 10.4. The minimum absolute atomic E-state index is 0.108. The van der Waals surface area contributed by atoms with Gasteiger partial charge in [0.15, 0.2) is 0 Å². The van der Waals surface area contributed by atoms with Crippen molar-refractivity contribution in [2.24, 2.45) is 0 Å². The van der Waals surface area contributed by atoms with Crippen molar-refractivity contribution in [3.63, 3.8) is 0 Å². The zero-order chi connectivity index (χ0) is 16.3. The maximum absolute atomic E-state index is 12.6. The second-order valence-electron chi connectivity index (χ2n) is 6.14. The van der Waals surface area contributed by atoms with Crippen molar-refractivity contribution in [1.29, 1.82) is 0 Å². The molecule has 1 aromatic carbocycles. The Labute approximate surface area is 132 Å². The van der Waals surface area contributed by atoms with Crippen LogP contribution in [0.5, 0.6) is 0 Å². The molecule has 120 valence electrons. The van der Waals surface area contributed by atoms with E-state index in [9.17, 15) is 9.59 Å². The Kier molecular flexibility index (Phi) is 5.06. The summed E-state index contributed by atoms with van der Waals surface area (Å²) in [5.74, 6) is -0.294. The highest BCUT2D eigenvalue weighted by Crippen LogP contribution is 2.25. The Balaban J connectivity index is 2.21. The van der Waals surface area contributed by atoms with Crippen LogP contribution in [0, 0.1) is 6.92 Å². The van der Waals surface area contributed by atoms with Gasteiger partial charge in [0.25, 0.3) is 5.91 Å². The van der Waals surface area contributed by atoms with Crippen LogP contribution in [0.2, 0.25) is 0 Å². The van der Waals surface area contributed by atoms with E-state index in [2.05, 4.69) is 10.2 Å². The normalized spacial score (nSPS) is 15.5. The summed E-state index contributed by atoms with van der Waals surface area (Å²) in [5, 5.41) is 2.81. The smallest absolute Gasteiger partial charge is 0.254 e. The molecular weight excluding hydrogens is 278 g/mol. The molecule has 0 unspecified atom stereocenters. The maximum Gasteiger partial charge on any atom is 0.254 e. The van der Waals surface area contributed by atoms with Gasteiger partial charge in [-0.1, -0.05) is 11.6 Å². The molecule has 0 spiro atoms. The number of hydrogen-bond donors (Lipinski definition) is 1. The molecule has 2 amide bonds. The van der Waals surface area contributed by atoms with Crippen molar-refractivity contribution in [2.75, 3.05) is 32.1 Å². The Bertz CT molecular complexity index is 563. The largest absolute Gasteiger partial charge is 0.371 e. The molecule has 0 aromatic heterocycles. The fourth-order valence-corrected chi connectivity index (χ4v) is 2.79. The van der Waals surface area contributed by atoms with Gasteiger partial charge in [0, 0.05) is 32.9 Å². The Hall–Kier alpha value is -2.04. The number of carbonyl (C=O) groups excluding carboxylic acids is 2. The van der Waals surface area contributed by atoms with Gasteiger partial charge >= 0.3 is 0 Å². The summed E-state index contributed by atoms with van der Waals surface area (Å²) < 4.78 is 0. The molecule has 0 radical (unpaired) electrons. The Morgan fingerprint density at radius 3 is 2.45 bits per heavy atom. The van der Waals surface area contributed by atoms with Crippen molar-refractivity contribution in [2.45, 2.75) is 32.7 Å². The number of rotatable bonds is 4. The third-order valence-corrected chi connectivity index (χ3v) is 4.00. The van der Waals surface area contributed by atoms with Gasteiger partial charge < -0.3 is 15.1 Å². The van der Waals surface area contributed by atoms with E-state index in [0.29, 0.717) is 5.56 Å². The van der Waals surface area contributed by atoms with Crippen LogP contribution in [0.3, 0.4) is 0 Å². The van der Waals surface area contributed by atoms with E-state index in [0.717, 1.165) is 37.2 Å². The third-order valence-electron chi connectivity index (χ3n) is 4.00. The predicted octanol–water partition coefficient (Wildman–Crippen LogP) is 1.80. The summed E-state index contributed by atoms with van der Waals surface area (Å²) in [6.45, 7) is 5.65. The van der Waals surface area contributed by atoms with Crippen LogP contribution in [0.4, 0.5) is 5.69 Å². The molecule has 0 bridgehead atoms. The lowest BCUT2D eigenvalue weighted by molar-refractivity contribution is -0.130. The zero-order valence-corrected chi connectivity index (χ0v) is 13.8. The summed E-state index contributed by atoms with van der Waals surface area (Å²) in [4.78, 5) is 28.3. The maximum atomic E-state index is 12.6. The molecule has 1 heterocycles. The third kappa shape index (κ3) is 3.59. The van der Waals surface area contributed by atoms with Gasteiger partial charge in [-0.25, -0.2) is 0 Å². The summed E-state index contributed by atoms with van der Waals surface area (Å²) in [6.07, 6.45) is 2.31. The quantitative estimate of drug-likeness (QED) is 0.923. The number of anilines is 1. The van der Waals surface area contributed by atoms with Gasteiger partial charge in [-0.05, 0) is 38.8 Å². The standard InChI is InChI=1S/C17H25N3O2/c1-12-7-8-15(20-9-5-6-10-20)14(11-12)16(21)18-13(2)17(22)19(3)4/h7-8,11,13H,5-6,9-10H2,1-4H3,(H,18,21)/t13-/m0/s1. The van der Waals surface area contributed by atoms with Crippen LogP contribution in [-0.4, -0.2) is 49.9 Å². The van der Waals surface area contributed by atoms with Gasteiger partial charge in [0.05, 0.1) is 5.56 Å². The van der Waals surface area contributed by atoms with Crippen LogP contribution in [0.25, 0.3) is 0 Å². The number of nitrogens with one attached hydrogen (secondary N) is 1. The molecule has 5 heteroatoms. The molecule has 5 nitrogen and oxygen atoms in total. The van der Waals surface area contributed by atoms with Crippen molar-refractivity contribution in [3.05, 3.63) is 29.3 Å². The van der Waals surface area contributed by atoms with Gasteiger partial charge in [-0.2, -0.15) is 0 Å². The Morgan fingerprint density at radius 1 is 1.23 bits per heavy atom. The van der Waals surface area contributed by atoms with E-state index in [1.807, 2.05) is 25.1 Å². The van der Waals surface area contributed by atoms with Gasteiger partial charge in [-0.3, -0.25) is 9.59 Å². The highest BCUT2D eigenvalue weighted by atomic mass is 16.2. The number of hydrogen-bond acceptors (Lipinski definition) is 3. The average molecular weight is 303 g/mol. The molecule has 1 saturated heterocycles. The summed E-state index contributed by atoms with van der Waals surface area (Å²) in [6, 6.07) is 5.40. The van der Waals surface area contributed by atoms with Crippen LogP contribution >= 0.6 is 0 Å². The number of amides is 2. The summed E-state index contributed by atoms with van der Waals surface area (Å²) >= 11 is 0. The summed E-state index contributed by atoms with van der Waals surface area (Å²) in [7, 11) is 3.38. The van der Waals surface area contributed by atoms with Gasteiger partial charge in [0.1, 0.15) is 6.04 Å². The summed E-state index contributed by atoms with van der Waals surface area (Å²) in [5.41, 5.74) is 2.66. The molecule has 1 aromatic rings. The van der Waals surface area contributed by atoms with Crippen LogP contribution in [0.15, 0.2) is 18.2 Å². The molecular formula is C17H25N3O2. The lowest BCUT2D eigenvalue weighted by Gasteiger charge is -2.23.